The average Bonchev–Trinajstić information content (AvgIpc) is 2.80. The molecule has 5 heteroatoms. The molecule has 3 N–H and O–H groups in total. The molecule has 2 amide bonds. The lowest BCUT2D eigenvalue weighted by atomic mass is 10.1. The summed E-state index contributed by atoms with van der Waals surface area (Å²) in [6.07, 6.45) is 4.00. The van der Waals surface area contributed by atoms with E-state index in [-0.39, 0.29) is 12.1 Å². The average molecular weight is 305 g/mol. The van der Waals surface area contributed by atoms with Gasteiger partial charge in [-0.05, 0) is 43.4 Å². The van der Waals surface area contributed by atoms with Crippen LogP contribution in [-0.4, -0.2) is 31.8 Å². The van der Waals surface area contributed by atoms with Crippen LogP contribution in [0, 0.1) is 0 Å². The van der Waals surface area contributed by atoms with Crippen LogP contribution in [0.15, 0.2) is 24.3 Å². The number of ether oxygens (including phenoxy) is 1. The van der Waals surface area contributed by atoms with Crippen molar-refractivity contribution in [1.82, 2.24) is 10.6 Å². The van der Waals surface area contributed by atoms with E-state index in [1.165, 1.54) is 0 Å². The summed E-state index contributed by atoms with van der Waals surface area (Å²) >= 11 is 0. The lowest BCUT2D eigenvalue weighted by Crippen LogP contribution is -2.41. The minimum absolute atomic E-state index is 0.0971. The van der Waals surface area contributed by atoms with Crippen molar-refractivity contribution >= 4 is 11.7 Å². The second-order valence-corrected chi connectivity index (χ2v) is 5.69. The van der Waals surface area contributed by atoms with Crippen molar-refractivity contribution in [2.75, 3.05) is 25.1 Å². The van der Waals surface area contributed by atoms with Crippen LogP contribution in [0.1, 0.15) is 38.2 Å². The minimum Gasteiger partial charge on any atom is -0.385 e. The van der Waals surface area contributed by atoms with Gasteiger partial charge in [-0.2, -0.15) is 0 Å². The van der Waals surface area contributed by atoms with Gasteiger partial charge in [0.2, 0.25) is 0 Å². The summed E-state index contributed by atoms with van der Waals surface area (Å²) in [7, 11) is 0. The van der Waals surface area contributed by atoms with Crippen LogP contribution >= 0.6 is 0 Å². The largest absolute Gasteiger partial charge is 0.385 e. The van der Waals surface area contributed by atoms with Gasteiger partial charge in [0.1, 0.15) is 0 Å². The molecule has 1 atom stereocenters. The summed E-state index contributed by atoms with van der Waals surface area (Å²) in [4.78, 5) is 11.9. The van der Waals surface area contributed by atoms with E-state index < -0.39 is 0 Å². The van der Waals surface area contributed by atoms with Gasteiger partial charge in [-0.25, -0.2) is 4.79 Å². The molecule has 0 aliphatic carbocycles. The number of anilines is 1. The Morgan fingerprint density at radius 3 is 2.82 bits per heavy atom. The highest BCUT2D eigenvalue weighted by Crippen LogP contribution is 2.10. The Balaban J connectivity index is 1.71. The fourth-order valence-electron chi connectivity index (χ4n) is 2.48. The monoisotopic (exact) mass is 305 g/mol. The Labute approximate surface area is 132 Å². The van der Waals surface area contributed by atoms with Crippen LogP contribution in [0.25, 0.3) is 0 Å². The molecule has 1 aliphatic heterocycles. The second-order valence-electron chi connectivity index (χ2n) is 5.69. The molecule has 0 aromatic heterocycles. The van der Waals surface area contributed by atoms with Crippen LogP contribution in [-0.2, 0) is 11.3 Å². The molecule has 1 saturated heterocycles. The fraction of sp³-hybridized carbons (Fsp3) is 0.588. The molecule has 0 saturated carbocycles. The maximum absolute atomic E-state index is 11.9. The van der Waals surface area contributed by atoms with Gasteiger partial charge in [0.25, 0.3) is 0 Å². The first-order chi connectivity index (χ1) is 10.8. The quantitative estimate of drug-likeness (QED) is 0.757. The molecule has 0 bridgehead atoms. The normalized spacial score (nSPS) is 18.3. The zero-order valence-electron chi connectivity index (χ0n) is 13.4. The zero-order valence-corrected chi connectivity index (χ0v) is 13.4. The smallest absolute Gasteiger partial charge is 0.315 e. The van der Waals surface area contributed by atoms with Gasteiger partial charge in [-0.1, -0.05) is 19.1 Å². The third kappa shape index (κ3) is 5.93. The highest BCUT2D eigenvalue weighted by Gasteiger charge is 2.14. The predicted octanol–water partition coefficient (Wildman–Crippen LogP) is 2.88. The van der Waals surface area contributed by atoms with E-state index in [2.05, 4.69) is 22.9 Å². The van der Waals surface area contributed by atoms with E-state index in [9.17, 15) is 4.79 Å². The Morgan fingerprint density at radius 1 is 1.23 bits per heavy atom. The Kier molecular flexibility index (Phi) is 7.03. The number of carbonyl (C=O) groups excluding carboxylic acids is 1. The second kappa shape index (κ2) is 9.30. The lowest BCUT2D eigenvalue weighted by Gasteiger charge is -2.16. The van der Waals surface area contributed by atoms with Crippen LogP contribution in [0.3, 0.4) is 0 Å². The maximum atomic E-state index is 11.9. The first-order valence-corrected chi connectivity index (χ1v) is 8.23. The van der Waals surface area contributed by atoms with Crippen molar-refractivity contribution in [2.24, 2.45) is 0 Å². The maximum Gasteiger partial charge on any atom is 0.315 e. The number of carbonyl (C=O) groups is 1. The molecule has 1 fully saturated rings. The van der Waals surface area contributed by atoms with Crippen molar-refractivity contribution < 1.29 is 9.53 Å². The van der Waals surface area contributed by atoms with Crippen molar-refractivity contribution in [3.05, 3.63) is 29.8 Å². The molecule has 1 aromatic rings. The number of benzene rings is 1. The van der Waals surface area contributed by atoms with Gasteiger partial charge >= 0.3 is 6.03 Å². The molecule has 1 aliphatic rings. The van der Waals surface area contributed by atoms with Gasteiger partial charge in [0.15, 0.2) is 0 Å². The van der Waals surface area contributed by atoms with Crippen molar-refractivity contribution in [2.45, 2.75) is 45.2 Å². The van der Waals surface area contributed by atoms with E-state index in [4.69, 9.17) is 4.74 Å². The summed E-state index contributed by atoms with van der Waals surface area (Å²) in [6, 6.07) is 8.30. The molecule has 0 spiro atoms. The molecule has 1 aromatic carbocycles. The van der Waals surface area contributed by atoms with Gasteiger partial charge in [0.05, 0.1) is 0 Å². The highest BCUT2D eigenvalue weighted by atomic mass is 16.5. The summed E-state index contributed by atoms with van der Waals surface area (Å²) in [5.41, 5.74) is 2.22. The third-order valence-electron chi connectivity index (χ3n) is 3.77. The number of nitrogens with one attached hydrogen (secondary N) is 3. The van der Waals surface area contributed by atoms with Gasteiger partial charge in [-0.15, -0.1) is 0 Å². The summed E-state index contributed by atoms with van der Waals surface area (Å²) in [5, 5.41) is 9.28. The Morgan fingerprint density at radius 2 is 2.05 bits per heavy atom. The molecular weight excluding hydrogens is 278 g/mol. The molecule has 1 heterocycles. The van der Waals surface area contributed by atoms with Gasteiger partial charge in [-0.3, -0.25) is 0 Å². The number of urea groups is 1. The van der Waals surface area contributed by atoms with Crippen molar-refractivity contribution in [3.63, 3.8) is 0 Å². The van der Waals surface area contributed by atoms with Crippen LogP contribution in [0.2, 0.25) is 0 Å². The molecule has 5 nitrogen and oxygen atoms in total. The van der Waals surface area contributed by atoms with E-state index >= 15 is 0 Å². The fourth-order valence-corrected chi connectivity index (χ4v) is 2.48. The molecule has 0 unspecified atom stereocenters. The van der Waals surface area contributed by atoms with E-state index in [0.29, 0.717) is 6.54 Å². The highest BCUT2D eigenvalue weighted by molar-refractivity contribution is 5.74. The van der Waals surface area contributed by atoms with Crippen molar-refractivity contribution in [1.29, 1.82) is 0 Å². The van der Waals surface area contributed by atoms with Crippen molar-refractivity contribution in [3.8, 4) is 0 Å². The third-order valence-corrected chi connectivity index (χ3v) is 3.77. The first-order valence-electron chi connectivity index (χ1n) is 8.23. The SMILES string of the molecule is CCCNc1ccc(CNC(=O)N[C@H]2CCCOCC2)cc1. The van der Waals surface area contributed by atoms with E-state index in [1.54, 1.807) is 0 Å². The van der Waals surface area contributed by atoms with Gasteiger partial charge < -0.3 is 20.7 Å². The predicted molar refractivity (Wildman–Crippen MR) is 89.1 cm³/mol. The number of hydrogen-bond donors (Lipinski definition) is 3. The van der Waals surface area contributed by atoms with Crippen LogP contribution < -0.4 is 16.0 Å². The molecule has 22 heavy (non-hydrogen) atoms. The van der Waals surface area contributed by atoms with E-state index in [0.717, 1.165) is 56.7 Å². The van der Waals surface area contributed by atoms with Gasteiger partial charge in [0, 0.05) is 38.0 Å². The summed E-state index contributed by atoms with van der Waals surface area (Å²) < 4.78 is 5.40. The molecular formula is C17H27N3O2. The molecule has 2 rings (SSSR count). The zero-order chi connectivity index (χ0) is 15.6. The lowest BCUT2D eigenvalue weighted by molar-refractivity contribution is 0.143. The molecule has 122 valence electrons. The van der Waals surface area contributed by atoms with Crippen LogP contribution in [0.5, 0.6) is 0 Å². The van der Waals surface area contributed by atoms with Crippen LogP contribution in [0.4, 0.5) is 10.5 Å². The van der Waals surface area contributed by atoms with E-state index in [1.807, 2.05) is 24.3 Å². The standard InChI is InChI=1S/C17H27N3O2/c1-2-10-18-15-7-5-14(6-8-15)13-19-17(21)20-16-4-3-11-22-12-9-16/h5-8,16,18H,2-4,9-13H2,1H3,(H2,19,20,21)/t16-/m0/s1. The topological polar surface area (TPSA) is 62.4 Å². The summed E-state index contributed by atoms with van der Waals surface area (Å²) in [5.74, 6) is 0. The number of amides is 2. The minimum atomic E-state index is -0.0971. The number of hydrogen-bond acceptors (Lipinski definition) is 3. The summed E-state index contributed by atoms with van der Waals surface area (Å²) in [6.45, 7) is 5.20. The number of rotatable bonds is 6. The Bertz CT molecular complexity index is 440. The molecule has 0 radical (unpaired) electrons. The Hall–Kier alpha value is -1.75. The first kappa shape index (κ1) is 16.6.